The molecule has 0 fully saturated rings. The van der Waals surface area contributed by atoms with E-state index in [1.807, 2.05) is 6.92 Å². The molecule has 0 aliphatic carbocycles. The molecule has 0 radical (unpaired) electrons. The molecule has 8 nitrogen and oxygen atoms in total. The zero-order valence-corrected chi connectivity index (χ0v) is 14.9. The van der Waals surface area contributed by atoms with Crippen molar-refractivity contribution < 1.29 is 19.4 Å². The Morgan fingerprint density at radius 3 is 2.81 bits per heavy atom. The number of hydrogen-bond acceptors (Lipinski definition) is 5. The summed E-state index contributed by atoms with van der Waals surface area (Å²) in [6.07, 6.45) is 2.51. The number of ether oxygens (including phenoxy) is 1. The summed E-state index contributed by atoms with van der Waals surface area (Å²) in [4.78, 5) is 33.3. The maximum Gasteiger partial charge on any atom is 0.415 e. The topological polar surface area (TPSA) is 97.6 Å². The fourth-order valence-electron chi connectivity index (χ4n) is 3.47. The SMILES string of the molecule is CC(=O)N1Cc2ncnc(Oc3ccc4c(ccn4C(=O)O)c3)c2CC1C. The normalized spacial score (nSPS) is 16.2. The lowest BCUT2D eigenvalue weighted by molar-refractivity contribution is -0.132. The second-order valence-corrected chi connectivity index (χ2v) is 6.60. The van der Waals surface area contributed by atoms with Crippen LogP contribution in [0.5, 0.6) is 11.6 Å². The summed E-state index contributed by atoms with van der Waals surface area (Å²) in [6, 6.07) is 6.95. The van der Waals surface area contributed by atoms with Gasteiger partial charge in [-0.3, -0.25) is 9.36 Å². The predicted octanol–water partition coefficient (Wildman–Crippen LogP) is 3.04. The van der Waals surface area contributed by atoms with Gasteiger partial charge in [0.1, 0.15) is 12.1 Å². The van der Waals surface area contributed by atoms with Crippen molar-refractivity contribution in [3.63, 3.8) is 0 Å². The molecule has 1 aliphatic rings. The van der Waals surface area contributed by atoms with Crippen LogP contribution < -0.4 is 4.74 Å². The van der Waals surface area contributed by atoms with Crippen molar-refractivity contribution in [2.45, 2.75) is 32.9 Å². The Balaban J connectivity index is 1.66. The quantitative estimate of drug-likeness (QED) is 0.749. The molecule has 2 aromatic heterocycles. The Bertz CT molecular complexity index is 1060. The van der Waals surface area contributed by atoms with Gasteiger partial charge in [-0.25, -0.2) is 14.8 Å². The monoisotopic (exact) mass is 366 g/mol. The maximum absolute atomic E-state index is 11.8. The van der Waals surface area contributed by atoms with Gasteiger partial charge in [-0.05, 0) is 37.6 Å². The van der Waals surface area contributed by atoms with E-state index >= 15 is 0 Å². The molecule has 8 heteroatoms. The summed E-state index contributed by atoms with van der Waals surface area (Å²) < 4.78 is 7.14. The fourth-order valence-corrected chi connectivity index (χ4v) is 3.47. The highest BCUT2D eigenvalue weighted by Crippen LogP contribution is 2.32. The van der Waals surface area contributed by atoms with E-state index in [0.29, 0.717) is 30.1 Å². The number of aromatic nitrogens is 3. The van der Waals surface area contributed by atoms with Crippen LogP contribution in [-0.4, -0.2) is 42.6 Å². The number of fused-ring (bicyclic) bond motifs is 2. The molecule has 3 aromatic rings. The summed E-state index contributed by atoms with van der Waals surface area (Å²) >= 11 is 0. The van der Waals surface area contributed by atoms with Gasteiger partial charge in [0.05, 0.1) is 17.8 Å². The maximum atomic E-state index is 11.8. The van der Waals surface area contributed by atoms with Crippen molar-refractivity contribution in [3.05, 3.63) is 48.0 Å². The van der Waals surface area contributed by atoms with Gasteiger partial charge in [-0.2, -0.15) is 0 Å². The molecule has 138 valence electrons. The Kier molecular flexibility index (Phi) is 4.02. The molecule has 0 saturated heterocycles. The van der Waals surface area contributed by atoms with Crippen LogP contribution in [0.15, 0.2) is 36.8 Å². The Morgan fingerprint density at radius 1 is 1.26 bits per heavy atom. The third kappa shape index (κ3) is 2.99. The summed E-state index contributed by atoms with van der Waals surface area (Å²) in [5, 5.41) is 9.94. The van der Waals surface area contributed by atoms with E-state index in [4.69, 9.17) is 4.74 Å². The van der Waals surface area contributed by atoms with E-state index in [9.17, 15) is 14.7 Å². The smallest absolute Gasteiger partial charge is 0.415 e. The average molecular weight is 366 g/mol. The molecule has 3 heterocycles. The number of carbonyl (C=O) groups excluding carboxylic acids is 1. The fraction of sp³-hybridized carbons (Fsp3) is 0.263. The third-order valence-electron chi connectivity index (χ3n) is 4.83. The van der Waals surface area contributed by atoms with Crippen LogP contribution in [0.1, 0.15) is 25.1 Å². The van der Waals surface area contributed by atoms with Crippen molar-refractivity contribution in [2.24, 2.45) is 0 Å². The molecule has 1 atom stereocenters. The molecule has 0 spiro atoms. The number of carboxylic acid groups (broad SMARTS) is 1. The van der Waals surface area contributed by atoms with Crippen molar-refractivity contribution in [2.75, 3.05) is 0 Å². The number of amides is 1. The molecule has 1 amide bonds. The average Bonchev–Trinajstić information content (AvgIpc) is 3.05. The Hall–Kier alpha value is -3.42. The number of nitrogens with zero attached hydrogens (tertiary/aromatic N) is 4. The van der Waals surface area contributed by atoms with Crippen LogP contribution in [0, 0.1) is 0 Å². The highest BCUT2D eigenvalue weighted by Gasteiger charge is 2.28. The third-order valence-corrected chi connectivity index (χ3v) is 4.83. The lowest BCUT2D eigenvalue weighted by Gasteiger charge is -2.33. The summed E-state index contributed by atoms with van der Waals surface area (Å²) in [5.41, 5.74) is 2.27. The first kappa shape index (κ1) is 17.0. The lowest BCUT2D eigenvalue weighted by atomic mass is 9.99. The number of hydrogen-bond donors (Lipinski definition) is 1. The van der Waals surface area contributed by atoms with Gasteiger partial charge in [0, 0.05) is 30.1 Å². The van der Waals surface area contributed by atoms with Crippen molar-refractivity contribution in [1.82, 2.24) is 19.4 Å². The molecule has 4 rings (SSSR count). The molecule has 1 aromatic carbocycles. The van der Waals surface area contributed by atoms with Gasteiger partial charge in [0.25, 0.3) is 0 Å². The second kappa shape index (κ2) is 6.39. The highest BCUT2D eigenvalue weighted by atomic mass is 16.5. The first-order valence-corrected chi connectivity index (χ1v) is 8.56. The van der Waals surface area contributed by atoms with Gasteiger partial charge in [0.2, 0.25) is 11.8 Å². The van der Waals surface area contributed by atoms with Crippen LogP contribution in [0.3, 0.4) is 0 Å². The minimum atomic E-state index is -1.03. The van der Waals surface area contributed by atoms with Crippen LogP contribution in [0.4, 0.5) is 4.79 Å². The van der Waals surface area contributed by atoms with Gasteiger partial charge in [-0.1, -0.05) is 0 Å². The molecule has 0 saturated carbocycles. The summed E-state index contributed by atoms with van der Waals surface area (Å²) in [6.45, 7) is 3.98. The van der Waals surface area contributed by atoms with Gasteiger partial charge < -0.3 is 14.7 Å². The molecular formula is C19H18N4O4. The van der Waals surface area contributed by atoms with Crippen LogP contribution >= 0.6 is 0 Å². The minimum absolute atomic E-state index is 0.0163. The Morgan fingerprint density at radius 2 is 2.07 bits per heavy atom. The van der Waals surface area contributed by atoms with Crippen molar-refractivity contribution >= 4 is 22.9 Å². The summed E-state index contributed by atoms with van der Waals surface area (Å²) in [5.74, 6) is 1.04. The van der Waals surface area contributed by atoms with E-state index in [1.54, 1.807) is 36.1 Å². The number of rotatable bonds is 2. The van der Waals surface area contributed by atoms with E-state index in [2.05, 4.69) is 9.97 Å². The first-order chi connectivity index (χ1) is 12.9. The number of benzene rings is 1. The molecule has 1 aliphatic heterocycles. The zero-order chi connectivity index (χ0) is 19.1. The van der Waals surface area contributed by atoms with Gasteiger partial charge >= 0.3 is 6.09 Å². The van der Waals surface area contributed by atoms with E-state index in [0.717, 1.165) is 21.2 Å². The molecule has 1 unspecified atom stereocenters. The van der Waals surface area contributed by atoms with Gasteiger partial charge in [0.15, 0.2) is 0 Å². The molecule has 27 heavy (non-hydrogen) atoms. The first-order valence-electron chi connectivity index (χ1n) is 8.56. The van der Waals surface area contributed by atoms with Crippen LogP contribution in [-0.2, 0) is 17.8 Å². The molecular weight excluding hydrogens is 348 g/mol. The zero-order valence-electron chi connectivity index (χ0n) is 14.9. The second-order valence-electron chi connectivity index (χ2n) is 6.60. The minimum Gasteiger partial charge on any atom is -0.464 e. The number of carbonyl (C=O) groups is 2. The van der Waals surface area contributed by atoms with E-state index in [1.165, 1.54) is 12.5 Å². The van der Waals surface area contributed by atoms with E-state index in [-0.39, 0.29) is 11.9 Å². The largest absolute Gasteiger partial charge is 0.464 e. The van der Waals surface area contributed by atoms with Crippen molar-refractivity contribution in [3.8, 4) is 11.6 Å². The van der Waals surface area contributed by atoms with Gasteiger partial charge in [-0.15, -0.1) is 0 Å². The Labute approximate surface area is 155 Å². The van der Waals surface area contributed by atoms with Crippen LogP contribution in [0.25, 0.3) is 10.9 Å². The van der Waals surface area contributed by atoms with Crippen molar-refractivity contribution in [1.29, 1.82) is 0 Å². The van der Waals surface area contributed by atoms with Crippen LogP contribution in [0.2, 0.25) is 0 Å². The summed E-state index contributed by atoms with van der Waals surface area (Å²) in [7, 11) is 0. The molecule has 0 bridgehead atoms. The standard InChI is InChI=1S/C19H18N4O4/c1-11-7-15-16(9-23(11)12(2)24)20-10-21-18(15)27-14-3-4-17-13(8-14)5-6-22(17)19(25)26/h3-6,8,10-11H,7,9H2,1-2H3,(H,25,26). The highest BCUT2D eigenvalue weighted by molar-refractivity contribution is 5.89. The van der Waals surface area contributed by atoms with E-state index < -0.39 is 6.09 Å². The molecule has 1 N–H and O–H groups in total. The predicted molar refractivity (Wildman–Crippen MR) is 96.9 cm³/mol. The lowest BCUT2D eigenvalue weighted by Crippen LogP contribution is -2.41.